The van der Waals surface area contributed by atoms with Crippen molar-refractivity contribution < 1.29 is 4.39 Å². The highest BCUT2D eigenvalue weighted by Crippen LogP contribution is 2.15. The molecule has 0 atom stereocenters. The van der Waals surface area contributed by atoms with Crippen molar-refractivity contribution in [3.8, 4) is 0 Å². The molecule has 0 bridgehead atoms. The van der Waals surface area contributed by atoms with Gasteiger partial charge in [0, 0.05) is 17.7 Å². The van der Waals surface area contributed by atoms with Crippen molar-refractivity contribution in [1.82, 2.24) is 5.32 Å². The van der Waals surface area contributed by atoms with Crippen molar-refractivity contribution in [2.24, 2.45) is 5.73 Å². The van der Waals surface area contributed by atoms with E-state index in [4.69, 9.17) is 5.73 Å². The second-order valence-electron chi connectivity index (χ2n) is 2.69. The van der Waals surface area contributed by atoms with Gasteiger partial charge in [0.1, 0.15) is 5.82 Å². The molecule has 0 aromatic heterocycles. The smallest absolute Gasteiger partial charge is 0.126 e. The number of nitrogens with two attached hydrogens (primary N) is 1. The lowest BCUT2D eigenvalue weighted by Gasteiger charge is -2.04. The molecule has 1 aromatic rings. The van der Waals surface area contributed by atoms with Gasteiger partial charge in [-0.3, -0.25) is 0 Å². The van der Waals surface area contributed by atoms with Gasteiger partial charge in [0.25, 0.3) is 0 Å². The van der Waals surface area contributed by atoms with E-state index in [1.807, 2.05) is 0 Å². The standard InChI is InChI=1S/C9H12BrFN2/c10-8-1-2-9(11)7(5-8)3-4-13-6-12/h1-2,5,13H,3-4,6,12H2. The van der Waals surface area contributed by atoms with Crippen LogP contribution in [0.15, 0.2) is 22.7 Å². The molecule has 1 aromatic carbocycles. The molecule has 3 N–H and O–H groups in total. The first-order valence-electron chi connectivity index (χ1n) is 4.08. The van der Waals surface area contributed by atoms with Crippen LogP contribution >= 0.6 is 15.9 Å². The Morgan fingerprint density at radius 3 is 2.92 bits per heavy atom. The Morgan fingerprint density at radius 1 is 1.46 bits per heavy atom. The molecular formula is C9H12BrFN2. The van der Waals surface area contributed by atoms with Crippen LogP contribution < -0.4 is 11.1 Å². The number of nitrogens with one attached hydrogen (secondary N) is 1. The Balaban J connectivity index is 2.59. The topological polar surface area (TPSA) is 38.0 Å². The molecule has 0 fully saturated rings. The predicted molar refractivity (Wildman–Crippen MR) is 54.9 cm³/mol. The fraction of sp³-hybridized carbons (Fsp3) is 0.333. The van der Waals surface area contributed by atoms with Crippen molar-refractivity contribution in [3.05, 3.63) is 34.1 Å². The zero-order chi connectivity index (χ0) is 9.68. The summed E-state index contributed by atoms with van der Waals surface area (Å²) < 4.78 is 14.0. The number of halogens is 2. The van der Waals surface area contributed by atoms with Crippen LogP contribution in [0.2, 0.25) is 0 Å². The minimum Gasteiger partial charge on any atom is -0.318 e. The van der Waals surface area contributed by atoms with E-state index in [0.29, 0.717) is 25.2 Å². The van der Waals surface area contributed by atoms with Gasteiger partial charge >= 0.3 is 0 Å². The molecule has 0 unspecified atom stereocenters. The Kier molecular flexibility index (Phi) is 4.35. The van der Waals surface area contributed by atoms with Gasteiger partial charge in [-0.15, -0.1) is 0 Å². The minimum atomic E-state index is -0.165. The van der Waals surface area contributed by atoms with Gasteiger partial charge in [0.2, 0.25) is 0 Å². The number of hydrogen-bond acceptors (Lipinski definition) is 2. The van der Waals surface area contributed by atoms with E-state index in [1.165, 1.54) is 6.07 Å². The molecular weight excluding hydrogens is 235 g/mol. The van der Waals surface area contributed by atoms with Crippen LogP contribution in [0.5, 0.6) is 0 Å². The number of benzene rings is 1. The molecule has 0 spiro atoms. The Labute approximate surface area is 85.4 Å². The Morgan fingerprint density at radius 2 is 2.23 bits per heavy atom. The van der Waals surface area contributed by atoms with E-state index in [-0.39, 0.29) is 5.82 Å². The predicted octanol–water partition coefficient (Wildman–Crippen LogP) is 1.64. The summed E-state index contributed by atoms with van der Waals surface area (Å²) in [6, 6.07) is 4.94. The van der Waals surface area contributed by atoms with Crippen molar-refractivity contribution in [3.63, 3.8) is 0 Å². The maximum Gasteiger partial charge on any atom is 0.126 e. The minimum absolute atomic E-state index is 0.165. The molecule has 0 aliphatic rings. The van der Waals surface area contributed by atoms with E-state index in [9.17, 15) is 4.39 Å². The molecule has 0 heterocycles. The summed E-state index contributed by atoms with van der Waals surface area (Å²) in [7, 11) is 0. The fourth-order valence-corrected chi connectivity index (χ4v) is 1.47. The van der Waals surface area contributed by atoms with Gasteiger partial charge in [-0.25, -0.2) is 4.39 Å². The van der Waals surface area contributed by atoms with Crippen LogP contribution in [0, 0.1) is 5.82 Å². The maximum atomic E-state index is 13.1. The fourth-order valence-electron chi connectivity index (χ4n) is 1.06. The van der Waals surface area contributed by atoms with E-state index >= 15 is 0 Å². The third-order valence-electron chi connectivity index (χ3n) is 1.72. The van der Waals surface area contributed by atoms with Gasteiger partial charge in [-0.2, -0.15) is 0 Å². The third kappa shape index (κ3) is 3.42. The second kappa shape index (κ2) is 5.32. The largest absolute Gasteiger partial charge is 0.318 e. The summed E-state index contributed by atoms with van der Waals surface area (Å²) in [5.41, 5.74) is 5.95. The number of hydrogen-bond donors (Lipinski definition) is 2. The highest BCUT2D eigenvalue weighted by atomic mass is 79.9. The molecule has 0 amide bonds. The summed E-state index contributed by atoms with van der Waals surface area (Å²) >= 11 is 3.29. The van der Waals surface area contributed by atoms with Gasteiger partial charge in [-0.05, 0) is 30.2 Å². The average Bonchev–Trinajstić information content (AvgIpc) is 2.11. The zero-order valence-corrected chi connectivity index (χ0v) is 8.77. The van der Waals surface area contributed by atoms with Crippen molar-refractivity contribution >= 4 is 15.9 Å². The normalized spacial score (nSPS) is 10.4. The molecule has 1 rings (SSSR count). The molecule has 13 heavy (non-hydrogen) atoms. The van der Waals surface area contributed by atoms with Crippen molar-refractivity contribution in [2.45, 2.75) is 6.42 Å². The van der Waals surface area contributed by atoms with Gasteiger partial charge in [-0.1, -0.05) is 15.9 Å². The third-order valence-corrected chi connectivity index (χ3v) is 2.22. The molecule has 4 heteroatoms. The SMILES string of the molecule is NCNCCc1cc(Br)ccc1F. The lowest BCUT2D eigenvalue weighted by molar-refractivity contribution is 0.599. The first kappa shape index (κ1) is 10.6. The summed E-state index contributed by atoms with van der Waals surface area (Å²) in [6.45, 7) is 1.12. The summed E-state index contributed by atoms with van der Waals surface area (Å²) in [5, 5.41) is 2.94. The monoisotopic (exact) mass is 246 g/mol. The lowest BCUT2D eigenvalue weighted by atomic mass is 10.1. The molecule has 0 aliphatic carbocycles. The summed E-state index contributed by atoms with van der Waals surface area (Å²) in [5.74, 6) is -0.165. The van der Waals surface area contributed by atoms with Crippen molar-refractivity contribution in [2.75, 3.05) is 13.2 Å². The Bertz CT molecular complexity index is 278. The molecule has 0 aliphatic heterocycles. The summed E-state index contributed by atoms with van der Waals surface area (Å²) in [4.78, 5) is 0. The van der Waals surface area contributed by atoms with Crippen molar-refractivity contribution in [1.29, 1.82) is 0 Å². The van der Waals surface area contributed by atoms with Crippen LogP contribution in [-0.4, -0.2) is 13.2 Å². The van der Waals surface area contributed by atoms with Crippen LogP contribution in [0.4, 0.5) is 4.39 Å². The molecule has 0 saturated carbocycles. The quantitative estimate of drug-likeness (QED) is 0.627. The molecule has 72 valence electrons. The van der Waals surface area contributed by atoms with Crippen LogP contribution in [0.3, 0.4) is 0 Å². The Hall–Kier alpha value is -0.450. The average molecular weight is 247 g/mol. The lowest BCUT2D eigenvalue weighted by Crippen LogP contribution is -2.24. The molecule has 0 saturated heterocycles. The first-order valence-corrected chi connectivity index (χ1v) is 4.88. The summed E-state index contributed by atoms with van der Waals surface area (Å²) in [6.07, 6.45) is 0.655. The number of rotatable bonds is 4. The van der Waals surface area contributed by atoms with E-state index in [2.05, 4.69) is 21.2 Å². The van der Waals surface area contributed by atoms with Gasteiger partial charge in [0.05, 0.1) is 0 Å². The van der Waals surface area contributed by atoms with E-state index in [1.54, 1.807) is 12.1 Å². The van der Waals surface area contributed by atoms with E-state index in [0.717, 1.165) is 4.47 Å². The molecule has 2 nitrogen and oxygen atoms in total. The molecule has 0 radical (unpaired) electrons. The zero-order valence-electron chi connectivity index (χ0n) is 7.19. The maximum absolute atomic E-state index is 13.1. The highest BCUT2D eigenvalue weighted by Gasteiger charge is 2.01. The van der Waals surface area contributed by atoms with E-state index < -0.39 is 0 Å². The van der Waals surface area contributed by atoms with Crippen LogP contribution in [0.1, 0.15) is 5.56 Å². The van der Waals surface area contributed by atoms with Gasteiger partial charge in [0.15, 0.2) is 0 Å². The highest BCUT2D eigenvalue weighted by molar-refractivity contribution is 9.10. The van der Waals surface area contributed by atoms with Crippen LogP contribution in [0.25, 0.3) is 0 Å². The first-order chi connectivity index (χ1) is 6.24. The van der Waals surface area contributed by atoms with Crippen LogP contribution in [-0.2, 0) is 6.42 Å². The second-order valence-corrected chi connectivity index (χ2v) is 3.61. The van der Waals surface area contributed by atoms with Gasteiger partial charge < -0.3 is 11.1 Å².